The van der Waals surface area contributed by atoms with Crippen molar-refractivity contribution in [1.82, 2.24) is 5.32 Å². The molecule has 0 bridgehead atoms. The van der Waals surface area contributed by atoms with Gasteiger partial charge in [0.05, 0.1) is 19.1 Å². The molecule has 1 aliphatic rings. The lowest BCUT2D eigenvalue weighted by Crippen LogP contribution is -2.60. The number of hydrogen-bond acceptors (Lipinski definition) is 8. The van der Waals surface area contributed by atoms with Gasteiger partial charge in [-0.15, -0.1) is 11.3 Å². The number of carboxylic acid groups (broad SMARTS) is 1. The third kappa shape index (κ3) is 4.77. The van der Waals surface area contributed by atoms with Crippen LogP contribution in [0.3, 0.4) is 0 Å². The van der Waals surface area contributed by atoms with E-state index < -0.39 is 54.7 Å². The highest BCUT2D eigenvalue weighted by Crippen LogP contribution is 2.23. The smallest absolute Gasteiger partial charge is 0.370 e. The normalized spacial score (nSPS) is 25.4. The first-order chi connectivity index (χ1) is 11.8. The van der Waals surface area contributed by atoms with Gasteiger partial charge in [0.2, 0.25) is 11.7 Å². The van der Waals surface area contributed by atoms with Crippen molar-refractivity contribution in [2.45, 2.75) is 36.9 Å². The molecule has 1 aromatic heterocycles. The lowest BCUT2D eigenvalue weighted by Gasteiger charge is -2.38. The molecule has 1 amide bonds. The van der Waals surface area contributed by atoms with E-state index in [4.69, 9.17) is 14.9 Å². The van der Waals surface area contributed by atoms with Crippen LogP contribution in [-0.4, -0.2) is 74.5 Å². The maximum atomic E-state index is 12.1. The Morgan fingerprint density at radius 2 is 2.08 bits per heavy atom. The Bertz CT molecular complexity index is 631. The lowest BCUT2D eigenvalue weighted by molar-refractivity contribution is -0.149. The van der Waals surface area contributed by atoms with Crippen LogP contribution in [0.4, 0.5) is 0 Å². The Hall–Kier alpha value is -1.98. The van der Waals surface area contributed by atoms with Gasteiger partial charge in [0, 0.05) is 4.88 Å². The van der Waals surface area contributed by atoms with Crippen LogP contribution in [0.2, 0.25) is 0 Å². The second-order valence-corrected chi connectivity index (χ2v) is 6.53. The van der Waals surface area contributed by atoms with Crippen molar-refractivity contribution in [3.8, 4) is 0 Å². The van der Waals surface area contributed by atoms with Crippen LogP contribution < -0.4 is 5.32 Å². The number of nitrogens with one attached hydrogen (secondary N) is 1. The Labute approximate surface area is 146 Å². The zero-order valence-corrected chi connectivity index (χ0v) is 13.8. The molecular weight excluding hydrogens is 354 g/mol. The van der Waals surface area contributed by atoms with Crippen LogP contribution in [0.1, 0.15) is 4.88 Å². The molecule has 0 fully saturated rings. The molecule has 0 aliphatic carbocycles. The van der Waals surface area contributed by atoms with Gasteiger partial charge in [0.25, 0.3) is 0 Å². The number of thiophene rings is 1. The number of hydrogen-bond donors (Lipinski definition) is 6. The number of rotatable bonds is 7. The third-order valence-corrected chi connectivity index (χ3v) is 4.55. The average molecular weight is 373 g/mol. The van der Waals surface area contributed by atoms with Crippen molar-refractivity contribution in [1.29, 1.82) is 0 Å². The first-order valence-electron chi connectivity index (χ1n) is 7.42. The van der Waals surface area contributed by atoms with Gasteiger partial charge >= 0.3 is 5.97 Å². The van der Waals surface area contributed by atoms with E-state index in [1.54, 1.807) is 17.5 Å². The van der Waals surface area contributed by atoms with E-state index in [2.05, 4.69) is 5.32 Å². The predicted molar refractivity (Wildman–Crippen MR) is 85.7 cm³/mol. The number of carboxylic acids is 1. The van der Waals surface area contributed by atoms with Crippen LogP contribution in [-0.2, 0) is 20.7 Å². The number of ether oxygens (including phenoxy) is 1. The molecule has 1 aromatic rings. The highest BCUT2D eigenvalue weighted by Gasteiger charge is 2.43. The predicted octanol–water partition coefficient (Wildman–Crippen LogP) is -1.78. The zero-order valence-electron chi connectivity index (χ0n) is 13.0. The maximum Gasteiger partial charge on any atom is 0.370 e. The number of aliphatic hydroxyl groups is 4. The molecule has 10 heteroatoms. The van der Waals surface area contributed by atoms with Gasteiger partial charge in [-0.25, -0.2) is 4.79 Å². The fraction of sp³-hybridized carbons (Fsp3) is 0.467. The van der Waals surface area contributed by atoms with E-state index in [1.807, 2.05) is 0 Å². The quantitative estimate of drug-likeness (QED) is 0.327. The number of aliphatic carboxylic acids is 1. The number of aliphatic hydroxyl groups excluding tert-OH is 4. The van der Waals surface area contributed by atoms with Gasteiger partial charge in [-0.05, 0) is 17.5 Å². The molecule has 6 N–H and O–H groups in total. The lowest BCUT2D eigenvalue weighted by atomic mass is 9.93. The molecule has 9 nitrogen and oxygen atoms in total. The molecule has 0 saturated carbocycles. The van der Waals surface area contributed by atoms with E-state index >= 15 is 0 Å². The largest absolute Gasteiger partial charge is 0.478 e. The third-order valence-electron chi connectivity index (χ3n) is 3.68. The summed E-state index contributed by atoms with van der Waals surface area (Å²) in [5.41, 5.74) is 0. The molecule has 2 rings (SSSR count). The summed E-state index contributed by atoms with van der Waals surface area (Å²) < 4.78 is 5.12. The van der Waals surface area contributed by atoms with E-state index in [9.17, 15) is 24.9 Å². The van der Waals surface area contributed by atoms with Crippen LogP contribution in [0.25, 0.3) is 0 Å². The number of amides is 1. The summed E-state index contributed by atoms with van der Waals surface area (Å²) in [4.78, 5) is 24.0. The number of carbonyl (C=O) groups excluding carboxylic acids is 1. The summed E-state index contributed by atoms with van der Waals surface area (Å²) in [6, 6.07) is 2.33. The van der Waals surface area contributed by atoms with E-state index in [1.165, 1.54) is 11.3 Å². The molecule has 0 saturated heterocycles. The molecule has 2 heterocycles. The molecule has 0 aromatic carbocycles. The second kappa shape index (κ2) is 8.41. The van der Waals surface area contributed by atoms with Gasteiger partial charge in [-0.2, -0.15) is 0 Å². The van der Waals surface area contributed by atoms with E-state index in [-0.39, 0.29) is 6.42 Å². The summed E-state index contributed by atoms with van der Waals surface area (Å²) in [5.74, 6) is -2.57. The Morgan fingerprint density at radius 1 is 1.36 bits per heavy atom. The van der Waals surface area contributed by atoms with Crippen LogP contribution in [0, 0.1) is 0 Å². The van der Waals surface area contributed by atoms with E-state index in [0.29, 0.717) is 0 Å². The van der Waals surface area contributed by atoms with Crippen molar-refractivity contribution < 1.29 is 39.9 Å². The average Bonchev–Trinajstić information content (AvgIpc) is 3.07. The Balaban J connectivity index is 2.17. The molecule has 0 radical (unpaired) electrons. The monoisotopic (exact) mass is 373 g/mol. The minimum atomic E-state index is -1.73. The van der Waals surface area contributed by atoms with Gasteiger partial charge < -0.3 is 35.6 Å². The highest BCUT2D eigenvalue weighted by molar-refractivity contribution is 7.10. The first kappa shape index (κ1) is 19.3. The number of carbonyl (C=O) groups is 2. The first-order valence-corrected chi connectivity index (χ1v) is 8.30. The Kier molecular flexibility index (Phi) is 6.51. The van der Waals surface area contributed by atoms with Gasteiger partial charge in [-0.3, -0.25) is 4.79 Å². The summed E-state index contributed by atoms with van der Waals surface area (Å²) in [7, 11) is 0. The van der Waals surface area contributed by atoms with Crippen LogP contribution >= 0.6 is 11.3 Å². The molecule has 25 heavy (non-hydrogen) atoms. The highest BCUT2D eigenvalue weighted by atomic mass is 32.1. The SMILES string of the molecule is O=C(Cc1cccs1)N[C@H]1[C@H]([C@H](O)[C@H](O)CO)OC(C(=O)O)=C[C@@H]1O. The standard InChI is InChI=1S/C15H19NO8S/c17-6-9(19)13(21)14-12(8(18)5-10(24-14)15(22)23)16-11(20)4-7-2-1-3-25-7/h1-3,5,8-9,12-14,17-19,21H,4,6H2,(H,16,20)(H,22,23)/t8-,9+,12+,13+,14+/m0/s1. The van der Waals surface area contributed by atoms with Crippen LogP contribution in [0.15, 0.2) is 29.3 Å². The molecule has 0 unspecified atom stereocenters. The van der Waals surface area contributed by atoms with Crippen LogP contribution in [0.5, 0.6) is 0 Å². The maximum absolute atomic E-state index is 12.1. The van der Waals surface area contributed by atoms with Crippen molar-refractivity contribution >= 4 is 23.2 Å². The zero-order chi connectivity index (χ0) is 18.6. The van der Waals surface area contributed by atoms with Gasteiger partial charge in [-0.1, -0.05) is 6.07 Å². The second-order valence-electron chi connectivity index (χ2n) is 5.50. The van der Waals surface area contributed by atoms with Crippen molar-refractivity contribution in [3.05, 3.63) is 34.2 Å². The Morgan fingerprint density at radius 3 is 2.64 bits per heavy atom. The van der Waals surface area contributed by atoms with Crippen molar-refractivity contribution in [3.63, 3.8) is 0 Å². The summed E-state index contributed by atoms with van der Waals surface area (Å²) >= 11 is 1.37. The van der Waals surface area contributed by atoms with E-state index in [0.717, 1.165) is 11.0 Å². The molecule has 5 atom stereocenters. The molecule has 0 spiro atoms. The summed E-state index contributed by atoms with van der Waals surface area (Å²) in [5, 5.41) is 52.1. The van der Waals surface area contributed by atoms with Crippen molar-refractivity contribution in [2.24, 2.45) is 0 Å². The summed E-state index contributed by atoms with van der Waals surface area (Å²) in [6.45, 7) is -0.806. The minimum absolute atomic E-state index is 0.0295. The fourth-order valence-electron chi connectivity index (χ4n) is 2.42. The minimum Gasteiger partial charge on any atom is -0.478 e. The van der Waals surface area contributed by atoms with Gasteiger partial charge in [0.15, 0.2) is 6.10 Å². The van der Waals surface area contributed by atoms with Crippen molar-refractivity contribution in [2.75, 3.05) is 6.61 Å². The van der Waals surface area contributed by atoms with Gasteiger partial charge in [0.1, 0.15) is 18.3 Å². The summed E-state index contributed by atoms with van der Waals surface area (Å²) in [6.07, 6.45) is -5.36. The molecule has 1 aliphatic heterocycles. The molecule has 138 valence electrons. The fourth-order valence-corrected chi connectivity index (χ4v) is 3.12. The molecular formula is C15H19NO8S. The topological polar surface area (TPSA) is 157 Å².